The van der Waals surface area contributed by atoms with E-state index in [1.54, 1.807) is 0 Å². The lowest BCUT2D eigenvalue weighted by Crippen LogP contribution is -2.56. The number of ether oxygens (including phenoxy) is 1. The maximum Gasteiger partial charge on any atom is 0.442 e. The van der Waals surface area contributed by atoms with Gasteiger partial charge in [0.15, 0.2) is 0 Å². The first-order valence-corrected chi connectivity index (χ1v) is 6.73. The fourth-order valence-corrected chi connectivity index (χ4v) is 2.23. The van der Waals surface area contributed by atoms with Crippen molar-refractivity contribution in [2.75, 3.05) is 0 Å². The van der Waals surface area contributed by atoms with Crippen LogP contribution in [0.5, 0.6) is 0 Å². The van der Waals surface area contributed by atoms with Crippen molar-refractivity contribution in [3.8, 4) is 0 Å². The van der Waals surface area contributed by atoms with Gasteiger partial charge in [-0.1, -0.05) is 38.1 Å². The Morgan fingerprint density at radius 2 is 1.43 bits per heavy atom. The number of hydrogen-bond acceptors (Lipinski definition) is 2. The van der Waals surface area contributed by atoms with Crippen molar-refractivity contribution in [1.82, 2.24) is 0 Å². The van der Waals surface area contributed by atoms with Gasteiger partial charge in [0.2, 0.25) is 0 Å². The van der Waals surface area contributed by atoms with E-state index < -0.39 is 29.5 Å². The van der Waals surface area contributed by atoms with Crippen molar-refractivity contribution >= 4 is 5.97 Å². The Labute approximate surface area is 129 Å². The summed E-state index contributed by atoms with van der Waals surface area (Å²) in [6.45, 7) is 4.23. The average Bonchev–Trinajstić information content (AvgIpc) is 2.33. The largest absolute Gasteiger partial charge is 0.442 e. The molecule has 0 aliphatic carbocycles. The molecule has 0 aliphatic heterocycles. The molecule has 0 radical (unpaired) electrons. The fourth-order valence-electron chi connectivity index (χ4n) is 2.23. The van der Waals surface area contributed by atoms with Crippen LogP contribution >= 0.6 is 0 Å². The Bertz CT molecular complexity index is 529. The summed E-state index contributed by atoms with van der Waals surface area (Å²) >= 11 is 0. The molecule has 1 aromatic carbocycles. The van der Waals surface area contributed by atoms with E-state index in [-0.39, 0.29) is 5.92 Å². The summed E-state index contributed by atoms with van der Waals surface area (Å²) in [4.78, 5) is 10.9. The van der Waals surface area contributed by atoms with Gasteiger partial charge < -0.3 is 4.74 Å². The molecule has 0 aromatic heterocycles. The fraction of sp³-hybridized carbons (Fsp3) is 0.533. The number of esters is 1. The van der Waals surface area contributed by atoms with Crippen molar-refractivity contribution in [2.45, 2.75) is 45.1 Å². The Hall–Kier alpha value is -1.73. The number of carbonyl (C=O) groups is 1. The van der Waals surface area contributed by atoms with Gasteiger partial charge in [0.05, 0.1) is 0 Å². The zero-order chi connectivity index (χ0) is 18.1. The molecule has 0 bridgehead atoms. The summed E-state index contributed by atoms with van der Waals surface area (Å²) in [7, 11) is 0. The first-order valence-electron chi connectivity index (χ1n) is 6.73. The van der Waals surface area contributed by atoms with Crippen molar-refractivity contribution < 1.29 is 35.9 Å². The van der Waals surface area contributed by atoms with Gasteiger partial charge in [-0.15, -0.1) is 0 Å². The third-order valence-electron chi connectivity index (χ3n) is 3.10. The highest BCUT2D eigenvalue weighted by molar-refractivity contribution is 5.67. The zero-order valence-corrected chi connectivity index (χ0v) is 12.7. The highest BCUT2D eigenvalue weighted by Gasteiger charge is 2.75. The first-order chi connectivity index (χ1) is 10.3. The molecule has 23 heavy (non-hydrogen) atoms. The number of rotatable bonds is 4. The first kappa shape index (κ1) is 19.3. The second-order valence-corrected chi connectivity index (χ2v) is 5.57. The maximum absolute atomic E-state index is 13.2. The van der Waals surface area contributed by atoms with E-state index in [1.807, 2.05) is 13.8 Å². The summed E-state index contributed by atoms with van der Waals surface area (Å²) in [6, 6.07) is 3.74. The highest BCUT2D eigenvalue weighted by atomic mass is 19.4. The van der Waals surface area contributed by atoms with Crippen LogP contribution in [0.2, 0.25) is 0 Å². The number of benzene rings is 1. The molecule has 0 unspecified atom stereocenters. The molecule has 0 aliphatic rings. The Morgan fingerprint density at radius 1 is 1.00 bits per heavy atom. The maximum atomic E-state index is 13.2. The summed E-state index contributed by atoms with van der Waals surface area (Å²) in [5, 5.41) is 0. The van der Waals surface area contributed by atoms with E-state index in [4.69, 9.17) is 0 Å². The Morgan fingerprint density at radius 3 is 1.74 bits per heavy atom. The van der Waals surface area contributed by atoms with Gasteiger partial charge in [0.25, 0.3) is 0 Å². The minimum Gasteiger partial charge on any atom is -0.435 e. The molecule has 8 heteroatoms. The molecular formula is C15H16F6O2. The van der Waals surface area contributed by atoms with Gasteiger partial charge in [-0.2, -0.15) is 26.3 Å². The van der Waals surface area contributed by atoms with Gasteiger partial charge in [-0.05, 0) is 17.9 Å². The topological polar surface area (TPSA) is 26.3 Å². The van der Waals surface area contributed by atoms with Crippen LogP contribution in [0, 0.1) is 5.92 Å². The van der Waals surface area contributed by atoms with E-state index >= 15 is 0 Å². The minimum atomic E-state index is -5.85. The standard InChI is InChI=1S/C15H16F6O2/c1-9(2)8-11-4-6-12(7-5-11)13(14(16,17)18,15(19,20)21)23-10(3)22/h4-7,9H,8H2,1-3H3. The number of alkyl halides is 6. The number of halogens is 6. The van der Waals surface area contributed by atoms with Crippen LogP contribution in [0.15, 0.2) is 24.3 Å². The normalized spacial score (nSPS) is 13.3. The van der Waals surface area contributed by atoms with Gasteiger partial charge in [0, 0.05) is 12.5 Å². The van der Waals surface area contributed by atoms with Crippen molar-refractivity contribution in [3.63, 3.8) is 0 Å². The molecule has 0 heterocycles. The van der Waals surface area contributed by atoms with Crippen LogP contribution < -0.4 is 0 Å². The lowest BCUT2D eigenvalue weighted by Gasteiger charge is -2.36. The summed E-state index contributed by atoms with van der Waals surface area (Å²) < 4.78 is 83.2. The molecule has 130 valence electrons. The minimum absolute atomic E-state index is 0.185. The average molecular weight is 342 g/mol. The van der Waals surface area contributed by atoms with E-state index in [0.29, 0.717) is 31.0 Å². The van der Waals surface area contributed by atoms with Crippen LogP contribution in [0.25, 0.3) is 0 Å². The number of carbonyl (C=O) groups excluding carboxylic acids is 1. The SMILES string of the molecule is CC(=O)OC(c1ccc(CC(C)C)cc1)(C(F)(F)F)C(F)(F)F. The molecule has 0 saturated carbocycles. The molecule has 0 fully saturated rings. The van der Waals surface area contributed by atoms with Crippen LogP contribution in [0.3, 0.4) is 0 Å². The van der Waals surface area contributed by atoms with Crippen LogP contribution in [-0.4, -0.2) is 18.3 Å². The molecule has 0 spiro atoms. The lowest BCUT2D eigenvalue weighted by molar-refractivity contribution is -0.377. The van der Waals surface area contributed by atoms with E-state index in [9.17, 15) is 31.1 Å². The van der Waals surface area contributed by atoms with E-state index in [0.717, 1.165) is 0 Å². The molecule has 1 aromatic rings. The monoisotopic (exact) mass is 342 g/mol. The van der Waals surface area contributed by atoms with Gasteiger partial charge in [-0.3, -0.25) is 4.79 Å². The predicted octanol–water partition coefficient (Wildman–Crippen LogP) is 4.77. The molecular weight excluding hydrogens is 326 g/mol. The third-order valence-corrected chi connectivity index (χ3v) is 3.10. The second kappa shape index (κ2) is 6.41. The van der Waals surface area contributed by atoms with Gasteiger partial charge in [0.1, 0.15) is 0 Å². The van der Waals surface area contributed by atoms with Gasteiger partial charge >= 0.3 is 23.9 Å². The second-order valence-electron chi connectivity index (χ2n) is 5.57. The predicted molar refractivity (Wildman–Crippen MR) is 70.5 cm³/mol. The molecule has 0 N–H and O–H groups in total. The van der Waals surface area contributed by atoms with Crippen LogP contribution in [-0.2, 0) is 21.6 Å². The molecule has 0 saturated heterocycles. The Kier molecular flexibility index (Phi) is 5.38. The van der Waals surface area contributed by atoms with Crippen molar-refractivity contribution in [1.29, 1.82) is 0 Å². The molecule has 2 nitrogen and oxygen atoms in total. The van der Waals surface area contributed by atoms with E-state index in [1.165, 1.54) is 12.1 Å². The van der Waals surface area contributed by atoms with Gasteiger partial charge in [-0.25, -0.2) is 0 Å². The highest BCUT2D eigenvalue weighted by Crippen LogP contribution is 2.53. The number of hydrogen-bond donors (Lipinski definition) is 0. The summed E-state index contributed by atoms with van der Waals surface area (Å²) in [6.07, 6.45) is -11.2. The third kappa shape index (κ3) is 3.97. The van der Waals surface area contributed by atoms with Crippen molar-refractivity contribution in [3.05, 3.63) is 35.4 Å². The molecule has 0 atom stereocenters. The van der Waals surface area contributed by atoms with Crippen LogP contribution in [0.4, 0.5) is 26.3 Å². The molecule has 0 amide bonds. The van der Waals surface area contributed by atoms with Crippen molar-refractivity contribution in [2.24, 2.45) is 5.92 Å². The quantitative estimate of drug-likeness (QED) is 0.582. The molecule has 1 rings (SSSR count). The lowest BCUT2D eigenvalue weighted by atomic mass is 9.90. The van der Waals surface area contributed by atoms with E-state index in [2.05, 4.69) is 4.74 Å². The zero-order valence-electron chi connectivity index (χ0n) is 12.7. The van der Waals surface area contributed by atoms with Crippen LogP contribution in [0.1, 0.15) is 31.9 Å². The summed E-state index contributed by atoms with van der Waals surface area (Å²) in [5.41, 5.74) is -5.27. The smallest absolute Gasteiger partial charge is 0.435 e. The summed E-state index contributed by atoms with van der Waals surface area (Å²) in [5.74, 6) is -1.49. The Balaban J connectivity index is 3.48.